The van der Waals surface area contributed by atoms with Gasteiger partial charge in [-0.05, 0) is 29.8 Å². The van der Waals surface area contributed by atoms with Crippen LogP contribution in [0.5, 0.6) is 0 Å². The van der Waals surface area contributed by atoms with E-state index in [0.717, 1.165) is 10.0 Å². The van der Waals surface area contributed by atoms with E-state index in [2.05, 4.69) is 21.2 Å². The fourth-order valence-electron chi connectivity index (χ4n) is 1.95. The second-order valence-corrected chi connectivity index (χ2v) is 5.54. The SMILES string of the molecule is NC(=O)[C@H](Cc1cccc(Br)c1)NC(=O)c1ccccc1. The average Bonchev–Trinajstić information content (AvgIpc) is 2.47. The van der Waals surface area contributed by atoms with Crippen LogP contribution in [0.15, 0.2) is 59.1 Å². The van der Waals surface area contributed by atoms with E-state index in [0.29, 0.717) is 12.0 Å². The number of hydrogen-bond acceptors (Lipinski definition) is 2. The predicted octanol–water partition coefficient (Wildman–Crippen LogP) is 2.28. The van der Waals surface area contributed by atoms with Crippen LogP contribution in [0, 0.1) is 0 Å². The van der Waals surface area contributed by atoms with Crippen LogP contribution in [0.25, 0.3) is 0 Å². The molecule has 0 radical (unpaired) electrons. The summed E-state index contributed by atoms with van der Waals surface area (Å²) in [5, 5.41) is 2.67. The van der Waals surface area contributed by atoms with Gasteiger partial charge in [-0.15, -0.1) is 0 Å². The molecule has 0 spiro atoms. The van der Waals surface area contributed by atoms with Crippen LogP contribution >= 0.6 is 15.9 Å². The number of nitrogens with two attached hydrogens (primary N) is 1. The number of benzene rings is 2. The van der Waals surface area contributed by atoms with Crippen LogP contribution in [0.4, 0.5) is 0 Å². The number of carbonyl (C=O) groups is 2. The molecular weight excluding hydrogens is 332 g/mol. The van der Waals surface area contributed by atoms with Gasteiger partial charge in [0.25, 0.3) is 5.91 Å². The molecule has 0 aromatic heterocycles. The van der Waals surface area contributed by atoms with E-state index in [9.17, 15) is 9.59 Å². The summed E-state index contributed by atoms with van der Waals surface area (Å²) >= 11 is 3.37. The van der Waals surface area contributed by atoms with E-state index in [-0.39, 0.29) is 5.91 Å². The Labute approximate surface area is 131 Å². The van der Waals surface area contributed by atoms with Gasteiger partial charge in [-0.2, -0.15) is 0 Å². The molecule has 5 heteroatoms. The Kier molecular flexibility index (Phi) is 5.11. The third kappa shape index (κ3) is 4.43. The maximum Gasteiger partial charge on any atom is 0.251 e. The van der Waals surface area contributed by atoms with Crippen molar-refractivity contribution in [2.75, 3.05) is 0 Å². The van der Waals surface area contributed by atoms with Crippen molar-refractivity contribution in [1.82, 2.24) is 5.32 Å². The molecule has 21 heavy (non-hydrogen) atoms. The summed E-state index contributed by atoms with van der Waals surface area (Å²) in [6.07, 6.45) is 0.355. The second kappa shape index (κ2) is 7.04. The van der Waals surface area contributed by atoms with E-state index in [1.54, 1.807) is 24.3 Å². The first kappa shape index (κ1) is 15.3. The van der Waals surface area contributed by atoms with Crippen molar-refractivity contribution in [3.8, 4) is 0 Å². The van der Waals surface area contributed by atoms with E-state index < -0.39 is 11.9 Å². The standard InChI is InChI=1S/C16H15BrN2O2/c17-13-8-4-5-11(9-13)10-14(15(18)20)19-16(21)12-6-2-1-3-7-12/h1-9,14H,10H2,(H2,18,20)(H,19,21)/t14-/m0/s1. The monoisotopic (exact) mass is 346 g/mol. The first-order chi connectivity index (χ1) is 10.1. The molecule has 2 amide bonds. The van der Waals surface area contributed by atoms with Gasteiger partial charge in [0.1, 0.15) is 6.04 Å². The molecular formula is C16H15BrN2O2. The molecule has 0 saturated heterocycles. The average molecular weight is 347 g/mol. The molecule has 0 bridgehead atoms. The first-order valence-electron chi connectivity index (χ1n) is 6.46. The van der Waals surface area contributed by atoms with Crippen molar-refractivity contribution < 1.29 is 9.59 Å². The predicted molar refractivity (Wildman–Crippen MR) is 84.7 cm³/mol. The zero-order valence-corrected chi connectivity index (χ0v) is 12.8. The summed E-state index contributed by atoms with van der Waals surface area (Å²) in [6, 6.07) is 15.5. The Hall–Kier alpha value is -2.14. The van der Waals surface area contributed by atoms with Gasteiger partial charge in [-0.3, -0.25) is 9.59 Å². The molecule has 4 nitrogen and oxygen atoms in total. The number of carbonyl (C=O) groups excluding carboxylic acids is 2. The molecule has 3 N–H and O–H groups in total. The zero-order valence-electron chi connectivity index (χ0n) is 11.3. The quantitative estimate of drug-likeness (QED) is 0.871. The van der Waals surface area contributed by atoms with Crippen LogP contribution in [-0.2, 0) is 11.2 Å². The smallest absolute Gasteiger partial charge is 0.251 e. The van der Waals surface area contributed by atoms with Gasteiger partial charge < -0.3 is 11.1 Å². The largest absolute Gasteiger partial charge is 0.368 e. The molecule has 2 aromatic rings. The van der Waals surface area contributed by atoms with Crippen LogP contribution in [0.2, 0.25) is 0 Å². The second-order valence-electron chi connectivity index (χ2n) is 4.63. The highest BCUT2D eigenvalue weighted by Crippen LogP contribution is 2.13. The molecule has 2 rings (SSSR count). The summed E-state index contributed by atoms with van der Waals surface area (Å²) in [4.78, 5) is 23.6. The number of primary amides is 1. The highest BCUT2D eigenvalue weighted by atomic mass is 79.9. The molecule has 0 heterocycles. The van der Waals surface area contributed by atoms with Gasteiger partial charge in [0, 0.05) is 16.5 Å². The number of nitrogens with one attached hydrogen (secondary N) is 1. The Bertz CT molecular complexity index is 644. The molecule has 1 atom stereocenters. The Morgan fingerprint density at radius 1 is 1.10 bits per heavy atom. The van der Waals surface area contributed by atoms with Crippen LogP contribution < -0.4 is 11.1 Å². The van der Waals surface area contributed by atoms with Gasteiger partial charge in [0.05, 0.1) is 0 Å². The van der Waals surface area contributed by atoms with Gasteiger partial charge in [0.15, 0.2) is 0 Å². The topological polar surface area (TPSA) is 72.2 Å². The minimum atomic E-state index is -0.744. The first-order valence-corrected chi connectivity index (χ1v) is 7.25. The van der Waals surface area contributed by atoms with Gasteiger partial charge in [-0.25, -0.2) is 0 Å². The Morgan fingerprint density at radius 2 is 1.81 bits per heavy atom. The lowest BCUT2D eigenvalue weighted by Crippen LogP contribution is -2.45. The summed E-state index contributed by atoms with van der Waals surface area (Å²) in [5.74, 6) is -0.867. The number of rotatable bonds is 5. The lowest BCUT2D eigenvalue weighted by molar-refractivity contribution is -0.119. The van der Waals surface area contributed by atoms with Crippen molar-refractivity contribution in [2.24, 2.45) is 5.73 Å². The molecule has 0 aliphatic carbocycles. The number of hydrogen-bond donors (Lipinski definition) is 2. The number of amides is 2. The van der Waals surface area contributed by atoms with E-state index >= 15 is 0 Å². The Balaban J connectivity index is 2.09. The van der Waals surface area contributed by atoms with Crippen molar-refractivity contribution in [3.63, 3.8) is 0 Å². The fourth-order valence-corrected chi connectivity index (χ4v) is 2.40. The fraction of sp³-hybridized carbons (Fsp3) is 0.125. The van der Waals surface area contributed by atoms with Crippen LogP contribution in [0.1, 0.15) is 15.9 Å². The van der Waals surface area contributed by atoms with Gasteiger partial charge in [0.2, 0.25) is 5.91 Å². The van der Waals surface area contributed by atoms with E-state index in [1.807, 2.05) is 30.3 Å². The third-order valence-electron chi connectivity index (χ3n) is 3.01. The summed E-state index contributed by atoms with van der Waals surface area (Å²) in [5.41, 5.74) is 6.80. The van der Waals surface area contributed by atoms with Crippen molar-refractivity contribution in [1.29, 1.82) is 0 Å². The van der Waals surface area contributed by atoms with Crippen molar-refractivity contribution in [3.05, 3.63) is 70.2 Å². The summed E-state index contributed by atoms with van der Waals surface area (Å²) in [7, 11) is 0. The molecule has 0 aliphatic heterocycles. The van der Waals surface area contributed by atoms with E-state index in [1.165, 1.54) is 0 Å². The molecule has 108 valence electrons. The summed E-state index contributed by atoms with van der Waals surface area (Å²) < 4.78 is 0.914. The minimum Gasteiger partial charge on any atom is -0.368 e. The minimum absolute atomic E-state index is 0.311. The lowest BCUT2D eigenvalue weighted by atomic mass is 10.0. The Morgan fingerprint density at radius 3 is 2.43 bits per heavy atom. The zero-order chi connectivity index (χ0) is 15.2. The molecule has 0 saturated carbocycles. The molecule has 0 unspecified atom stereocenters. The normalized spacial score (nSPS) is 11.7. The third-order valence-corrected chi connectivity index (χ3v) is 3.51. The molecule has 0 fully saturated rings. The van der Waals surface area contributed by atoms with Crippen molar-refractivity contribution in [2.45, 2.75) is 12.5 Å². The van der Waals surface area contributed by atoms with Gasteiger partial charge in [-0.1, -0.05) is 46.3 Å². The molecule has 0 aliphatic rings. The van der Waals surface area contributed by atoms with Crippen LogP contribution in [-0.4, -0.2) is 17.9 Å². The van der Waals surface area contributed by atoms with E-state index in [4.69, 9.17) is 5.73 Å². The van der Waals surface area contributed by atoms with Crippen molar-refractivity contribution >= 4 is 27.7 Å². The maximum absolute atomic E-state index is 12.1. The highest BCUT2D eigenvalue weighted by molar-refractivity contribution is 9.10. The number of halogens is 1. The van der Waals surface area contributed by atoms with Gasteiger partial charge >= 0.3 is 0 Å². The maximum atomic E-state index is 12.1. The lowest BCUT2D eigenvalue weighted by Gasteiger charge is -2.15. The highest BCUT2D eigenvalue weighted by Gasteiger charge is 2.19. The molecule has 2 aromatic carbocycles. The summed E-state index contributed by atoms with van der Waals surface area (Å²) in [6.45, 7) is 0. The van der Waals surface area contributed by atoms with Crippen LogP contribution in [0.3, 0.4) is 0 Å².